The van der Waals surface area contributed by atoms with Gasteiger partial charge in [-0.15, -0.1) is 0 Å². The van der Waals surface area contributed by atoms with Crippen LogP contribution in [0, 0.1) is 0 Å². The van der Waals surface area contributed by atoms with Crippen molar-refractivity contribution < 1.29 is 32.2 Å². The van der Waals surface area contributed by atoms with E-state index in [9.17, 15) is 13.2 Å². The molecule has 1 saturated carbocycles. The lowest BCUT2D eigenvalue weighted by Crippen LogP contribution is -2.39. The molecule has 33 heavy (non-hydrogen) atoms. The highest BCUT2D eigenvalue weighted by Crippen LogP contribution is 2.35. The molecule has 0 aromatic heterocycles. The van der Waals surface area contributed by atoms with Crippen molar-refractivity contribution in [3.05, 3.63) is 42.0 Å². The third-order valence-corrected chi connectivity index (χ3v) is 8.05. The fourth-order valence-electron chi connectivity index (χ4n) is 4.57. The van der Waals surface area contributed by atoms with Crippen molar-refractivity contribution >= 4 is 15.7 Å². The second kappa shape index (κ2) is 9.13. The van der Waals surface area contributed by atoms with Crippen molar-refractivity contribution in [2.24, 2.45) is 0 Å². The molecule has 2 aromatic rings. The molecule has 0 saturated heterocycles. The lowest BCUT2D eigenvalue weighted by molar-refractivity contribution is -0.133. The molecule has 0 atom stereocenters. The number of hydrogen-bond acceptors (Lipinski definition) is 7. The van der Waals surface area contributed by atoms with Crippen molar-refractivity contribution in [3.8, 4) is 23.0 Å². The van der Waals surface area contributed by atoms with E-state index in [4.69, 9.17) is 18.9 Å². The summed E-state index contributed by atoms with van der Waals surface area (Å²) in [4.78, 5) is 15.2. The van der Waals surface area contributed by atoms with Crippen molar-refractivity contribution in [1.82, 2.24) is 4.90 Å². The highest BCUT2D eigenvalue weighted by Gasteiger charge is 2.29. The van der Waals surface area contributed by atoms with Gasteiger partial charge in [-0.25, -0.2) is 8.42 Å². The molecule has 0 N–H and O–H groups in total. The maximum absolute atomic E-state index is 13.2. The molecule has 1 aliphatic carbocycles. The Morgan fingerprint density at radius 3 is 2.36 bits per heavy atom. The summed E-state index contributed by atoms with van der Waals surface area (Å²) in [5, 5.41) is 0. The minimum Gasteiger partial charge on any atom is -0.486 e. The van der Waals surface area contributed by atoms with E-state index in [0.29, 0.717) is 42.8 Å². The van der Waals surface area contributed by atoms with Gasteiger partial charge in [0.2, 0.25) is 12.7 Å². The van der Waals surface area contributed by atoms with E-state index in [1.165, 1.54) is 12.1 Å². The van der Waals surface area contributed by atoms with Crippen LogP contribution in [0.5, 0.6) is 23.0 Å². The van der Waals surface area contributed by atoms with Crippen LogP contribution in [0.2, 0.25) is 0 Å². The number of amides is 1. The number of carbonyl (C=O) groups is 1. The summed E-state index contributed by atoms with van der Waals surface area (Å²) in [5.74, 6) is 1.92. The molecule has 1 amide bonds. The third kappa shape index (κ3) is 4.73. The van der Waals surface area contributed by atoms with Crippen LogP contribution >= 0.6 is 0 Å². The average Bonchev–Trinajstić information content (AvgIpc) is 3.52. The first kappa shape index (κ1) is 21.9. The zero-order chi connectivity index (χ0) is 22.8. The predicted octanol–water partition coefficient (Wildman–Crippen LogP) is 3.32. The molecule has 176 valence electrons. The Labute approximate surface area is 193 Å². The Morgan fingerprint density at radius 1 is 0.879 bits per heavy atom. The minimum atomic E-state index is -3.65. The summed E-state index contributed by atoms with van der Waals surface area (Å²) in [7, 11) is -3.65. The molecule has 0 spiro atoms. The Kier molecular flexibility index (Phi) is 6.05. The van der Waals surface area contributed by atoms with Crippen LogP contribution in [0.4, 0.5) is 0 Å². The van der Waals surface area contributed by atoms with E-state index in [-0.39, 0.29) is 35.8 Å². The van der Waals surface area contributed by atoms with Gasteiger partial charge in [-0.3, -0.25) is 4.79 Å². The molecule has 0 unspecified atom stereocenters. The summed E-state index contributed by atoms with van der Waals surface area (Å²) in [6, 6.07) is 10.4. The second-order valence-corrected chi connectivity index (χ2v) is 10.6. The normalized spacial score (nSPS) is 17.2. The van der Waals surface area contributed by atoms with Gasteiger partial charge < -0.3 is 23.8 Å². The summed E-state index contributed by atoms with van der Waals surface area (Å²) >= 11 is 0. The molecule has 9 heteroatoms. The average molecular weight is 474 g/mol. The molecule has 1 fully saturated rings. The Balaban J connectivity index is 1.29. The third-order valence-electron chi connectivity index (χ3n) is 6.33. The van der Waals surface area contributed by atoms with Gasteiger partial charge in [-0.2, -0.15) is 0 Å². The number of ether oxygens (including phenoxy) is 4. The number of benzene rings is 2. The zero-order valence-electron chi connectivity index (χ0n) is 18.3. The summed E-state index contributed by atoms with van der Waals surface area (Å²) in [6.07, 6.45) is 3.95. The van der Waals surface area contributed by atoms with E-state index in [1.807, 2.05) is 23.1 Å². The standard InChI is InChI=1S/C24H27NO7S/c26-24(9-12-33(27,28)19-6-8-20-23(14-19)30-11-10-29-20)25(18-3-1-2-4-18)15-17-5-7-21-22(13-17)32-16-31-21/h5-8,13-14,18H,1-4,9-12,15-16H2. The Bertz CT molecular complexity index is 1140. The van der Waals surface area contributed by atoms with Crippen LogP contribution in [0.1, 0.15) is 37.7 Å². The van der Waals surface area contributed by atoms with Gasteiger partial charge in [-0.1, -0.05) is 18.9 Å². The molecule has 0 radical (unpaired) electrons. The monoisotopic (exact) mass is 473 g/mol. The highest BCUT2D eigenvalue weighted by molar-refractivity contribution is 7.91. The zero-order valence-corrected chi connectivity index (χ0v) is 19.1. The number of nitrogens with zero attached hydrogens (tertiary/aromatic N) is 1. The topological polar surface area (TPSA) is 91.4 Å². The van der Waals surface area contributed by atoms with E-state index in [0.717, 1.165) is 31.2 Å². The molecule has 5 rings (SSSR count). The first-order valence-electron chi connectivity index (χ1n) is 11.3. The van der Waals surface area contributed by atoms with Crippen LogP contribution in [-0.4, -0.2) is 51.0 Å². The lowest BCUT2D eigenvalue weighted by atomic mass is 10.1. The van der Waals surface area contributed by atoms with Gasteiger partial charge in [0.15, 0.2) is 32.8 Å². The second-order valence-electron chi connectivity index (χ2n) is 8.52. The molecule has 0 bridgehead atoms. The smallest absolute Gasteiger partial charge is 0.231 e. The number of sulfone groups is 1. The molecule has 2 aromatic carbocycles. The molecule has 8 nitrogen and oxygen atoms in total. The molecule has 2 aliphatic heterocycles. The van der Waals surface area contributed by atoms with Crippen molar-refractivity contribution in [3.63, 3.8) is 0 Å². The van der Waals surface area contributed by atoms with Crippen LogP contribution < -0.4 is 18.9 Å². The Morgan fingerprint density at radius 2 is 1.55 bits per heavy atom. The predicted molar refractivity (Wildman–Crippen MR) is 119 cm³/mol. The van der Waals surface area contributed by atoms with Crippen molar-refractivity contribution in [2.75, 3.05) is 25.8 Å². The maximum Gasteiger partial charge on any atom is 0.231 e. The van der Waals surface area contributed by atoms with Gasteiger partial charge in [0.05, 0.1) is 10.6 Å². The number of rotatable bonds is 7. The van der Waals surface area contributed by atoms with E-state index >= 15 is 0 Å². The summed E-state index contributed by atoms with van der Waals surface area (Å²) in [5.41, 5.74) is 0.939. The van der Waals surface area contributed by atoms with Gasteiger partial charge in [0, 0.05) is 25.1 Å². The van der Waals surface area contributed by atoms with Crippen LogP contribution in [0.3, 0.4) is 0 Å². The SMILES string of the molecule is O=C(CCS(=O)(=O)c1ccc2c(c1)OCCO2)N(Cc1ccc2c(c1)OCO2)C1CCCC1. The molecule has 3 aliphatic rings. The molecule has 2 heterocycles. The number of carbonyl (C=O) groups excluding carboxylic acids is 1. The van der Waals surface area contributed by atoms with Gasteiger partial charge in [0.1, 0.15) is 13.2 Å². The quantitative estimate of drug-likeness (QED) is 0.609. The highest BCUT2D eigenvalue weighted by atomic mass is 32.2. The summed E-state index contributed by atoms with van der Waals surface area (Å²) in [6.45, 7) is 1.44. The Hall–Kier alpha value is -2.94. The van der Waals surface area contributed by atoms with Gasteiger partial charge in [0.25, 0.3) is 0 Å². The largest absolute Gasteiger partial charge is 0.486 e. The van der Waals surface area contributed by atoms with Gasteiger partial charge >= 0.3 is 0 Å². The van der Waals surface area contributed by atoms with E-state index < -0.39 is 9.84 Å². The van der Waals surface area contributed by atoms with E-state index in [1.54, 1.807) is 6.07 Å². The van der Waals surface area contributed by atoms with Crippen molar-refractivity contribution in [2.45, 2.75) is 49.6 Å². The van der Waals surface area contributed by atoms with Crippen LogP contribution in [-0.2, 0) is 21.2 Å². The van der Waals surface area contributed by atoms with Gasteiger partial charge in [-0.05, 0) is 42.7 Å². The molecular weight excluding hydrogens is 446 g/mol. The van der Waals surface area contributed by atoms with Crippen molar-refractivity contribution in [1.29, 1.82) is 0 Å². The fraction of sp³-hybridized carbons (Fsp3) is 0.458. The lowest BCUT2D eigenvalue weighted by Gasteiger charge is -2.29. The first-order valence-corrected chi connectivity index (χ1v) is 13.0. The number of hydrogen-bond donors (Lipinski definition) is 0. The number of fused-ring (bicyclic) bond motifs is 2. The van der Waals surface area contributed by atoms with E-state index in [2.05, 4.69) is 0 Å². The molecular formula is C24H27NO7S. The fourth-order valence-corrected chi connectivity index (χ4v) is 5.81. The van der Waals surface area contributed by atoms with Crippen LogP contribution in [0.15, 0.2) is 41.3 Å². The minimum absolute atomic E-state index is 0.0716. The summed E-state index contributed by atoms with van der Waals surface area (Å²) < 4.78 is 47.7. The first-order chi connectivity index (χ1) is 16.0. The van der Waals surface area contributed by atoms with Crippen LogP contribution in [0.25, 0.3) is 0 Å². The maximum atomic E-state index is 13.2.